The first-order chi connectivity index (χ1) is 17.8. The lowest BCUT2D eigenvalue weighted by Gasteiger charge is -2.36. The Kier molecular flexibility index (Phi) is 5.70. The number of carbonyl (C=O) groups is 1. The molecule has 1 amide bonds. The van der Waals surface area contributed by atoms with E-state index in [0.717, 1.165) is 18.8 Å². The minimum atomic E-state index is -2.83. The van der Waals surface area contributed by atoms with Crippen molar-refractivity contribution in [2.75, 3.05) is 23.3 Å². The average molecular weight is 512 g/mol. The highest BCUT2D eigenvalue weighted by molar-refractivity contribution is 6.00. The zero-order valence-electron chi connectivity index (χ0n) is 20.1. The minimum absolute atomic E-state index is 0.0931. The molecular formula is C25H24F3N7O2. The third-order valence-electron chi connectivity index (χ3n) is 6.65. The van der Waals surface area contributed by atoms with Crippen LogP contribution in [0.2, 0.25) is 0 Å². The zero-order valence-corrected chi connectivity index (χ0v) is 20.1. The molecule has 5 heterocycles. The number of hydrogen-bond donors (Lipinski definition) is 1. The molecule has 0 bridgehead atoms. The Labute approximate surface area is 209 Å². The molecular weight excluding hydrogens is 487 g/mol. The van der Waals surface area contributed by atoms with Crippen molar-refractivity contribution in [3.8, 4) is 11.4 Å². The predicted octanol–water partition coefficient (Wildman–Crippen LogP) is 4.19. The van der Waals surface area contributed by atoms with Crippen molar-refractivity contribution >= 4 is 33.8 Å². The van der Waals surface area contributed by atoms with Gasteiger partial charge in [-0.15, -0.1) is 5.10 Å². The highest BCUT2D eigenvalue weighted by atomic mass is 19.3. The molecule has 192 valence electrons. The van der Waals surface area contributed by atoms with Gasteiger partial charge in [-0.1, -0.05) is 0 Å². The van der Waals surface area contributed by atoms with Crippen molar-refractivity contribution < 1.29 is 22.7 Å². The molecule has 4 aromatic heterocycles. The number of aromatic nitrogens is 5. The van der Waals surface area contributed by atoms with Crippen molar-refractivity contribution in [1.29, 1.82) is 0 Å². The third kappa shape index (κ3) is 4.45. The van der Waals surface area contributed by atoms with Crippen LogP contribution in [0, 0.1) is 5.92 Å². The van der Waals surface area contributed by atoms with E-state index in [-0.39, 0.29) is 35.7 Å². The first kappa shape index (κ1) is 23.6. The summed E-state index contributed by atoms with van der Waals surface area (Å²) < 4.78 is 48.1. The molecule has 9 nitrogen and oxygen atoms in total. The number of rotatable bonds is 5. The van der Waals surface area contributed by atoms with Gasteiger partial charge in [0.05, 0.1) is 30.0 Å². The lowest BCUT2D eigenvalue weighted by atomic mass is 10.1. The summed E-state index contributed by atoms with van der Waals surface area (Å²) in [5.41, 5.74) is 1.51. The molecule has 1 aliphatic carbocycles. The third-order valence-corrected chi connectivity index (χ3v) is 6.65. The van der Waals surface area contributed by atoms with E-state index in [1.165, 1.54) is 18.5 Å². The van der Waals surface area contributed by atoms with Crippen LogP contribution in [0.5, 0.6) is 0 Å². The zero-order chi connectivity index (χ0) is 25.8. The Balaban J connectivity index is 1.39. The van der Waals surface area contributed by atoms with Crippen molar-refractivity contribution in [3.05, 3.63) is 42.5 Å². The number of anilines is 2. The van der Waals surface area contributed by atoms with E-state index in [1.54, 1.807) is 4.52 Å². The summed E-state index contributed by atoms with van der Waals surface area (Å²) in [6, 6.07) is 5.28. The second-order valence-corrected chi connectivity index (χ2v) is 9.61. The molecule has 2 aliphatic rings. The molecule has 4 atom stereocenters. The standard InChI is InChI=1S/C25H24F3N7O2/c1-12-9-34(10-13(2)37-12)14-3-4-21-32-24(33-35(21)11-14)18-8-30-22(23(27)28)17-7-29-20(6-15(17)18)31-25(36)16-5-19(16)26/h3-4,6-8,11-13,16,19,23H,5,9-10H2,1-2H3,(H,29,31,36)/t12-,13+,16-,19+/m1/s1. The highest BCUT2D eigenvalue weighted by Gasteiger charge is 2.43. The quantitative estimate of drug-likeness (QED) is 0.429. The SMILES string of the molecule is C[C@@H]1CN(c2ccc3nc(-c4cnc(C(F)F)c5cnc(NC(=O)[C@@H]6C[C@@H]6F)cc45)nn3c2)C[C@H](C)O1. The van der Waals surface area contributed by atoms with Crippen LogP contribution in [-0.2, 0) is 9.53 Å². The fourth-order valence-electron chi connectivity index (χ4n) is 4.79. The van der Waals surface area contributed by atoms with E-state index in [0.29, 0.717) is 16.6 Å². The number of ether oxygens (including phenoxy) is 1. The minimum Gasteiger partial charge on any atom is -0.372 e. The van der Waals surface area contributed by atoms with Gasteiger partial charge in [0.2, 0.25) is 5.91 Å². The number of alkyl halides is 3. The molecule has 1 N–H and O–H groups in total. The summed E-state index contributed by atoms with van der Waals surface area (Å²) >= 11 is 0. The first-order valence-corrected chi connectivity index (χ1v) is 12.1. The Bertz CT molecular complexity index is 1500. The van der Waals surface area contributed by atoms with Crippen LogP contribution in [0.15, 0.2) is 36.8 Å². The summed E-state index contributed by atoms with van der Waals surface area (Å²) in [4.78, 5) is 27.1. The lowest BCUT2D eigenvalue weighted by Crippen LogP contribution is -2.45. The van der Waals surface area contributed by atoms with Gasteiger partial charge in [0.1, 0.15) is 17.7 Å². The Morgan fingerprint density at radius 2 is 1.89 bits per heavy atom. The van der Waals surface area contributed by atoms with Crippen molar-refractivity contribution in [3.63, 3.8) is 0 Å². The topological polar surface area (TPSA) is 97.5 Å². The number of morpholine rings is 1. The van der Waals surface area contributed by atoms with E-state index in [4.69, 9.17) is 4.74 Å². The van der Waals surface area contributed by atoms with E-state index in [1.807, 2.05) is 32.2 Å². The van der Waals surface area contributed by atoms with Crippen molar-refractivity contribution in [1.82, 2.24) is 24.6 Å². The van der Waals surface area contributed by atoms with Gasteiger partial charge in [-0.2, -0.15) is 0 Å². The fourth-order valence-corrected chi connectivity index (χ4v) is 4.79. The predicted molar refractivity (Wildman–Crippen MR) is 130 cm³/mol. The van der Waals surface area contributed by atoms with Gasteiger partial charge < -0.3 is 15.0 Å². The van der Waals surface area contributed by atoms with Gasteiger partial charge in [0, 0.05) is 41.8 Å². The second kappa shape index (κ2) is 8.94. The van der Waals surface area contributed by atoms with Gasteiger partial charge >= 0.3 is 0 Å². The summed E-state index contributed by atoms with van der Waals surface area (Å²) in [5.74, 6) is -0.786. The summed E-state index contributed by atoms with van der Waals surface area (Å²) in [6.45, 7) is 5.54. The molecule has 2 fully saturated rings. The first-order valence-electron chi connectivity index (χ1n) is 12.1. The largest absolute Gasteiger partial charge is 0.372 e. The highest BCUT2D eigenvalue weighted by Crippen LogP contribution is 2.36. The maximum Gasteiger partial charge on any atom is 0.281 e. The van der Waals surface area contributed by atoms with Gasteiger partial charge in [0.25, 0.3) is 6.43 Å². The van der Waals surface area contributed by atoms with Crippen molar-refractivity contribution in [2.45, 2.75) is 45.1 Å². The Morgan fingerprint density at radius 1 is 1.14 bits per heavy atom. The van der Waals surface area contributed by atoms with Gasteiger partial charge in [-0.05, 0) is 38.5 Å². The maximum atomic E-state index is 13.7. The van der Waals surface area contributed by atoms with Gasteiger partial charge in [-0.3, -0.25) is 9.78 Å². The van der Waals surface area contributed by atoms with Crippen LogP contribution in [0.3, 0.4) is 0 Å². The molecule has 1 aliphatic heterocycles. The van der Waals surface area contributed by atoms with Crippen molar-refractivity contribution in [2.24, 2.45) is 5.92 Å². The van der Waals surface area contributed by atoms with E-state index in [2.05, 4.69) is 30.3 Å². The number of carbonyl (C=O) groups excluding carboxylic acids is 1. The van der Waals surface area contributed by atoms with Crippen LogP contribution in [0.1, 0.15) is 32.4 Å². The normalized spacial score (nSPS) is 23.7. The molecule has 6 rings (SSSR count). The van der Waals surface area contributed by atoms with Crippen LogP contribution >= 0.6 is 0 Å². The van der Waals surface area contributed by atoms with Gasteiger partial charge in [-0.25, -0.2) is 27.7 Å². The molecule has 1 saturated carbocycles. The number of fused-ring (bicyclic) bond motifs is 2. The van der Waals surface area contributed by atoms with Crippen LogP contribution in [0.25, 0.3) is 27.8 Å². The molecule has 12 heteroatoms. The molecule has 4 aromatic rings. The number of hydrogen-bond acceptors (Lipinski definition) is 7. The summed E-state index contributed by atoms with van der Waals surface area (Å²) in [7, 11) is 0. The maximum absolute atomic E-state index is 13.7. The monoisotopic (exact) mass is 511 g/mol. The van der Waals surface area contributed by atoms with Crippen LogP contribution < -0.4 is 10.2 Å². The Hall–Kier alpha value is -3.80. The molecule has 0 aromatic carbocycles. The van der Waals surface area contributed by atoms with E-state index in [9.17, 15) is 18.0 Å². The van der Waals surface area contributed by atoms with E-state index < -0.39 is 30.1 Å². The summed E-state index contributed by atoms with van der Waals surface area (Å²) in [5, 5.41) is 7.65. The van der Waals surface area contributed by atoms with Crippen LogP contribution in [-0.4, -0.2) is 61.9 Å². The number of pyridine rings is 3. The lowest BCUT2D eigenvalue weighted by molar-refractivity contribution is -0.117. The second-order valence-electron chi connectivity index (χ2n) is 9.61. The average Bonchev–Trinajstić information content (AvgIpc) is 3.44. The fraction of sp³-hybridized carbons (Fsp3) is 0.400. The van der Waals surface area contributed by atoms with E-state index >= 15 is 0 Å². The number of nitrogens with zero attached hydrogens (tertiary/aromatic N) is 6. The van der Waals surface area contributed by atoms with Crippen LogP contribution in [0.4, 0.5) is 24.7 Å². The molecule has 1 saturated heterocycles. The number of halogens is 3. The molecule has 37 heavy (non-hydrogen) atoms. The number of nitrogens with one attached hydrogen (secondary N) is 1. The smallest absolute Gasteiger partial charge is 0.281 e. The molecule has 0 radical (unpaired) electrons. The molecule has 0 unspecified atom stereocenters. The van der Waals surface area contributed by atoms with Gasteiger partial charge in [0.15, 0.2) is 11.5 Å². The Morgan fingerprint density at radius 3 is 2.59 bits per heavy atom. The summed E-state index contributed by atoms with van der Waals surface area (Å²) in [6.07, 6.45) is 0.766. The number of amides is 1. The molecule has 0 spiro atoms.